The average Bonchev–Trinajstić information content (AvgIpc) is 3.45. The van der Waals surface area contributed by atoms with Crippen molar-refractivity contribution >= 4 is 28.5 Å². The van der Waals surface area contributed by atoms with E-state index in [9.17, 15) is 19.1 Å². The molecule has 28 heavy (non-hydrogen) atoms. The van der Waals surface area contributed by atoms with Crippen LogP contribution in [0.4, 0.5) is 10.2 Å². The first-order valence-electron chi connectivity index (χ1n) is 10.3. The molecule has 1 atom stereocenters. The van der Waals surface area contributed by atoms with Crippen LogP contribution in [0.15, 0.2) is 22.2 Å². The summed E-state index contributed by atoms with van der Waals surface area (Å²) in [6, 6.07) is 0.990. The number of hydrogen-bond acceptors (Lipinski definition) is 7. The first-order chi connectivity index (χ1) is 14.6. The first kappa shape index (κ1) is 15.0. The van der Waals surface area contributed by atoms with Gasteiger partial charge in [-0.25, -0.2) is 14.2 Å². The average molecular weight is 393 g/mol. The van der Waals surface area contributed by atoms with Crippen LogP contribution in [0.2, 0.25) is 0 Å². The van der Waals surface area contributed by atoms with Crippen molar-refractivity contribution in [1.82, 2.24) is 9.55 Å². The van der Waals surface area contributed by atoms with Crippen molar-refractivity contribution < 1.29 is 23.2 Å². The summed E-state index contributed by atoms with van der Waals surface area (Å²) in [7, 11) is -2.71. The molecule has 1 aliphatic carbocycles. The molecule has 10 heteroatoms. The SMILES string of the molecule is [2H][13C]([2H])([2H])O/N=C1\CN(c2nc3c(cc2F)c(=O)c(C(=O)O)cn3C2CC2)CC1CN. The van der Waals surface area contributed by atoms with Gasteiger partial charge in [0.25, 0.3) is 0 Å². The van der Waals surface area contributed by atoms with Gasteiger partial charge in [0.05, 0.1) is 21.8 Å². The summed E-state index contributed by atoms with van der Waals surface area (Å²) < 4.78 is 37.9. The highest BCUT2D eigenvalue weighted by atomic mass is 19.1. The minimum atomic E-state index is -2.71. The highest BCUT2D eigenvalue weighted by molar-refractivity contribution is 5.95. The predicted octanol–water partition coefficient (Wildman–Crippen LogP) is 0.966. The zero-order valence-electron chi connectivity index (χ0n) is 17.8. The van der Waals surface area contributed by atoms with Gasteiger partial charge in [-0.1, -0.05) is 5.16 Å². The first-order valence-corrected chi connectivity index (χ1v) is 8.77. The second-order valence-corrected chi connectivity index (χ2v) is 6.97. The third-order valence-corrected chi connectivity index (χ3v) is 5.12. The number of carboxylic acid groups (broad SMARTS) is 1. The molecule has 2 aromatic rings. The number of anilines is 1. The summed E-state index contributed by atoms with van der Waals surface area (Å²) >= 11 is 0. The lowest BCUT2D eigenvalue weighted by Crippen LogP contribution is -2.26. The quantitative estimate of drug-likeness (QED) is 0.573. The largest absolute Gasteiger partial charge is 0.477 e. The van der Waals surface area contributed by atoms with Crippen LogP contribution in [0.3, 0.4) is 0 Å². The molecule has 4 rings (SSSR count). The number of nitrogens with two attached hydrogens (primary N) is 1. The summed E-state index contributed by atoms with van der Waals surface area (Å²) in [6.07, 6.45) is 2.85. The standard InChI is InChI=1S/C18H20FN5O4/c1-28-22-14-8-23(6-9(14)5-20)17-13(19)4-11-15(25)12(18(26)27)7-24(10-2-3-10)16(11)21-17/h4,7,9-10H,2-3,5-6,8,20H2,1H3,(H,26,27)/b22-14+/i1+1D3. The van der Waals surface area contributed by atoms with Gasteiger partial charge in [-0.2, -0.15) is 0 Å². The second kappa shape index (κ2) is 6.86. The van der Waals surface area contributed by atoms with Gasteiger partial charge in [-0.3, -0.25) is 4.79 Å². The number of carboxylic acids is 1. The minimum absolute atomic E-state index is 0.00723. The Hall–Kier alpha value is -3.01. The van der Waals surface area contributed by atoms with Crippen LogP contribution in [0.1, 0.15) is 33.4 Å². The number of carbonyl (C=O) groups is 1. The van der Waals surface area contributed by atoms with Crippen molar-refractivity contribution in [2.45, 2.75) is 18.9 Å². The van der Waals surface area contributed by atoms with Crippen molar-refractivity contribution in [2.24, 2.45) is 16.8 Å². The third kappa shape index (κ3) is 2.99. The molecule has 0 amide bonds. The number of aromatic nitrogens is 2. The fourth-order valence-corrected chi connectivity index (χ4v) is 3.54. The van der Waals surface area contributed by atoms with Crippen molar-refractivity contribution in [3.05, 3.63) is 33.9 Å². The lowest BCUT2D eigenvalue weighted by atomic mass is 10.1. The maximum absolute atomic E-state index is 15.0. The molecule has 0 bridgehead atoms. The summed E-state index contributed by atoms with van der Waals surface area (Å²) in [5, 5.41) is 12.9. The predicted molar refractivity (Wildman–Crippen MR) is 100 cm³/mol. The van der Waals surface area contributed by atoms with Crippen LogP contribution in [0, 0.1) is 11.7 Å². The number of hydrogen-bond donors (Lipinski definition) is 2. The smallest absolute Gasteiger partial charge is 0.341 e. The van der Waals surface area contributed by atoms with Gasteiger partial charge in [-0.15, -0.1) is 0 Å². The van der Waals surface area contributed by atoms with Crippen LogP contribution in [0.5, 0.6) is 0 Å². The highest BCUT2D eigenvalue weighted by Crippen LogP contribution is 2.37. The number of nitrogens with zero attached hydrogens (tertiary/aromatic N) is 4. The Balaban J connectivity index is 1.78. The Labute approximate surface area is 163 Å². The highest BCUT2D eigenvalue weighted by Gasteiger charge is 2.33. The van der Waals surface area contributed by atoms with E-state index < -0.39 is 29.8 Å². The lowest BCUT2D eigenvalue weighted by Gasteiger charge is -2.19. The Morgan fingerprint density at radius 2 is 2.36 bits per heavy atom. The van der Waals surface area contributed by atoms with E-state index in [1.54, 1.807) is 9.47 Å². The van der Waals surface area contributed by atoms with E-state index >= 15 is 0 Å². The van der Waals surface area contributed by atoms with Crippen molar-refractivity contribution in [3.8, 4) is 0 Å². The number of rotatable bonds is 5. The van der Waals surface area contributed by atoms with Gasteiger partial charge in [0.2, 0.25) is 5.43 Å². The van der Waals surface area contributed by atoms with E-state index in [0.717, 1.165) is 18.9 Å². The Morgan fingerprint density at radius 1 is 1.57 bits per heavy atom. The molecule has 1 saturated heterocycles. The summed E-state index contributed by atoms with van der Waals surface area (Å²) in [6.45, 7) is 0.424. The zero-order chi connectivity index (χ0) is 22.5. The second-order valence-electron chi connectivity index (χ2n) is 6.97. The molecule has 1 unspecified atom stereocenters. The maximum Gasteiger partial charge on any atom is 0.341 e. The van der Waals surface area contributed by atoms with Crippen LogP contribution >= 0.6 is 0 Å². The number of aromatic carboxylic acids is 1. The van der Waals surface area contributed by atoms with Gasteiger partial charge in [0, 0.05) is 31.2 Å². The van der Waals surface area contributed by atoms with Crippen LogP contribution < -0.4 is 16.1 Å². The van der Waals surface area contributed by atoms with Gasteiger partial charge < -0.3 is 25.1 Å². The van der Waals surface area contributed by atoms with E-state index in [-0.39, 0.29) is 48.4 Å². The lowest BCUT2D eigenvalue weighted by molar-refractivity contribution is 0.0695. The van der Waals surface area contributed by atoms with E-state index in [0.29, 0.717) is 5.71 Å². The van der Waals surface area contributed by atoms with Gasteiger partial charge >= 0.3 is 5.97 Å². The number of pyridine rings is 2. The van der Waals surface area contributed by atoms with Crippen molar-refractivity contribution in [2.75, 3.05) is 31.6 Å². The van der Waals surface area contributed by atoms with Crippen LogP contribution in [-0.4, -0.2) is 53.0 Å². The van der Waals surface area contributed by atoms with E-state index in [1.807, 2.05) is 0 Å². The molecule has 1 aliphatic heterocycles. The summed E-state index contributed by atoms with van der Waals surface area (Å²) in [5.41, 5.74) is 5.06. The van der Waals surface area contributed by atoms with Gasteiger partial charge in [0.1, 0.15) is 18.2 Å². The molecule has 2 aromatic heterocycles. The van der Waals surface area contributed by atoms with Gasteiger partial charge in [0.15, 0.2) is 11.6 Å². The van der Waals surface area contributed by atoms with Crippen molar-refractivity contribution in [1.29, 1.82) is 0 Å². The molecule has 3 N–H and O–H groups in total. The number of oxime groups is 1. The van der Waals surface area contributed by atoms with Crippen molar-refractivity contribution in [3.63, 3.8) is 0 Å². The molecule has 2 aliphatic rings. The molecule has 1 saturated carbocycles. The number of halogens is 1. The molecular formula is C18H20FN5O4. The maximum atomic E-state index is 15.0. The molecule has 3 heterocycles. The van der Waals surface area contributed by atoms with E-state index in [4.69, 9.17) is 9.85 Å². The zero-order valence-corrected chi connectivity index (χ0v) is 14.8. The summed E-state index contributed by atoms with van der Waals surface area (Å²) in [5.74, 6) is -2.60. The van der Waals surface area contributed by atoms with Gasteiger partial charge in [-0.05, 0) is 18.9 Å². The molecule has 0 radical (unpaired) electrons. The molecule has 148 valence electrons. The fraction of sp³-hybridized carbons (Fsp3) is 0.444. The molecular weight excluding hydrogens is 370 g/mol. The Bertz CT molecular complexity index is 1150. The molecule has 0 spiro atoms. The third-order valence-electron chi connectivity index (χ3n) is 5.12. The molecule has 9 nitrogen and oxygen atoms in total. The fourth-order valence-electron chi connectivity index (χ4n) is 3.54. The molecule has 2 fully saturated rings. The Kier molecular flexibility index (Phi) is 3.67. The Morgan fingerprint density at radius 3 is 3.00 bits per heavy atom. The topological polar surface area (TPSA) is 123 Å². The summed E-state index contributed by atoms with van der Waals surface area (Å²) in [4.78, 5) is 34.4. The van der Waals surface area contributed by atoms with Crippen LogP contribution in [-0.2, 0) is 4.84 Å². The van der Waals surface area contributed by atoms with Crippen LogP contribution in [0.25, 0.3) is 11.0 Å². The minimum Gasteiger partial charge on any atom is -0.477 e. The molecule has 0 aromatic carbocycles. The monoisotopic (exact) mass is 393 g/mol. The normalized spacial score (nSPS) is 22.9. The van der Waals surface area contributed by atoms with E-state index in [1.165, 1.54) is 6.20 Å². The number of fused-ring (bicyclic) bond motifs is 1. The van der Waals surface area contributed by atoms with E-state index in [2.05, 4.69) is 15.0 Å².